The molecule has 0 fully saturated rings. The molecule has 5 nitrogen and oxygen atoms in total. The molecule has 1 aliphatic carbocycles. The highest BCUT2D eigenvalue weighted by molar-refractivity contribution is 5.70. The van der Waals surface area contributed by atoms with Gasteiger partial charge in [-0.2, -0.15) is 0 Å². The highest BCUT2D eigenvalue weighted by Gasteiger charge is 2.36. The van der Waals surface area contributed by atoms with Crippen LogP contribution in [0, 0.1) is 0 Å². The minimum Gasteiger partial charge on any atom is -0.454 e. The number of rotatable bonds is 1. The maximum atomic E-state index is 11.2. The molecule has 1 aliphatic rings. The fourth-order valence-corrected chi connectivity index (χ4v) is 2.34. The van der Waals surface area contributed by atoms with E-state index < -0.39 is 18.2 Å². The number of aliphatic hydroxyl groups is 1. The summed E-state index contributed by atoms with van der Waals surface area (Å²) in [4.78, 5) is 19.8. The van der Waals surface area contributed by atoms with Crippen LogP contribution in [0.1, 0.15) is 30.3 Å². The zero-order chi connectivity index (χ0) is 13.4. The maximum Gasteiger partial charge on any atom is 0.303 e. The van der Waals surface area contributed by atoms with Gasteiger partial charge in [0.1, 0.15) is 6.10 Å². The number of fused-ring (bicyclic) bond motifs is 3. The first-order chi connectivity index (χ1) is 9.18. The minimum absolute atomic E-state index is 0.439. The van der Waals surface area contributed by atoms with E-state index in [4.69, 9.17) is 4.74 Å². The molecule has 2 heterocycles. The van der Waals surface area contributed by atoms with E-state index in [-0.39, 0.29) is 0 Å². The van der Waals surface area contributed by atoms with Crippen molar-refractivity contribution in [3.63, 3.8) is 0 Å². The molecule has 0 spiro atoms. The maximum absolute atomic E-state index is 11.2. The quantitative estimate of drug-likeness (QED) is 0.787. The Morgan fingerprint density at radius 1 is 1.16 bits per heavy atom. The van der Waals surface area contributed by atoms with Crippen LogP contribution in [-0.2, 0) is 9.53 Å². The Hall–Kier alpha value is -2.27. The summed E-state index contributed by atoms with van der Waals surface area (Å²) >= 11 is 0. The first-order valence-electron chi connectivity index (χ1n) is 5.94. The van der Waals surface area contributed by atoms with E-state index in [0.29, 0.717) is 22.5 Å². The summed E-state index contributed by atoms with van der Waals surface area (Å²) in [6.45, 7) is 1.32. The molecular formula is C14H12N2O3. The Morgan fingerprint density at radius 2 is 1.74 bits per heavy atom. The molecule has 0 saturated carbocycles. The predicted octanol–water partition coefficient (Wildman–Crippen LogP) is 1.79. The number of nitrogens with zero attached hydrogens (tertiary/aromatic N) is 2. The second-order valence-corrected chi connectivity index (χ2v) is 4.36. The third-order valence-electron chi connectivity index (χ3n) is 3.11. The van der Waals surface area contributed by atoms with Crippen molar-refractivity contribution >= 4 is 5.97 Å². The van der Waals surface area contributed by atoms with Crippen molar-refractivity contribution in [3.8, 4) is 11.4 Å². The lowest BCUT2D eigenvalue weighted by Crippen LogP contribution is -2.23. The molecule has 0 radical (unpaired) electrons. The van der Waals surface area contributed by atoms with Crippen LogP contribution in [0.2, 0.25) is 0 Å². The largest absolute Gasteiger partial charge is 0.454 e. The molecule has 96 valence electrons. The number of hydrogen-bond acceptors (Lipinski definition) is 5. The van der Waals surface area contributed by atoms with Crippen molar-refractivity contribution in [3.05, 3.63) is 47.8 Å². The summed E-state index contributed by atoms with van der Waals surface area (Å²) in [7, 11) is 0. The molecule has 0 amide bonds. The molecule has 0 unspecified atom stereocenters. The smallest absolute Gasteiger partial charge is 0.303 e. The van der Waals surface area contributed by atoms with Gasteiger partial charge in [-0.15, -0.1) is 0 Å². The average Bonchev–Trinajstić information content (AvgIpc) is 2.43. The monoisotopic (exact) mass is 256 g/mol. The Kier molecular flexibility index (Phi) is 2.76. The molecule has 3 rings (SSSR count). The number of carbonyl (C=O) groups excluding carboxylic acids is 1. The van der Waals surface area contributed by atoms with E-state index in [0.717, 1.165) is 0 Å². The van der Waals surface area contributed by atoms with Gasteiger partial charge in [0.2, 0.25) is 0 Å². The zero-order valence-electron chi connectivity index (χ0n) is 10.3. The van der Waals surface area contributed by atoms with Gasteiger partial charge in [-0.3, -0.25) is 14.8 Å². The molecule has 2 aromatic rings. The van der Waals surface area contributed by atoms with Crippen LogP contribution < -0.4 is 0 Å². The number of carbonyl (C=O) groups is 1. The number of pyridine rings is 2. The van der Waals surface area contributed by atoms with Crippen LogP contribution in [0.4, 0.5) is 0 Å². The van der Waals surface area contributed by atoms with E-state index in [9.17, 15) is 9.90 Å². The van der Waals surface area contributed by atoms with Crippen molar-refractivity contribution in [2.24, 2.45) is 0 Å². The highest BCUT2D eigenvalue weighted by Crippen LogP contribution is 2.43. The lowest BCUT2D eigenvalue weighted by atomic mass is 9.88. The summed E-state index contributed by atoms with van der Waals surface area (Å²) in [5.41, 5.74) is 2.58. The van der Waals surface area contributed by atoms with Crippen LogP contribution in [0.5, 0.6) is 0 Å². The lowest BCUT2D eigenvalue weighted by Gasteiger charge is -2.30. The second-order valence-electron chi connectivity index (χ2n) is 4.36. The first kappa shape index (κ1) is 11.8. The van der Waals surface area contributed by atoms with Crippen LogP contribution in [0.25, 0.3) is 11.4 Å². The third kappa shape index (κ3) is 1.88. The van der Waals surface area contributed by atoms with Gasteiger partial charge < -0.3 is 9.84 Å². The van der Waals surface area contributed by atoms with Crippen molar-refractivity contribution in [1.82, 2.24) is 9.97 Å². The van der Waals surface area contributed by atoms with Gasteiger partial charge in [0, 0.05) is 30.4 Å². The van der Waals surface area contributed by atoms with Crippen molar-refractivity contribution in [2.45, 2.75) is 19.1 Å². The molecule has 2 aromatic heterocycles. The van der Waals surface area contributed by atoms with Gasteiger partial charge in [0.05, 0.1) is 11.4 Å². The standard InChI is InChI=1S/C14H12N2O3/c1-8(17)19-14-10-5-3-7-16-12(10)11-9(13(14)18)4-2-6-15-11/h2-7,13-14,18H,1H3/t13-,14-/m1/s1. The topological polar surface area (TPSA) is 72.3 Å². The van der Waals surface area contributed by atoms with E-state index in [2.05, 4.69) is 9.97 Å². The Bertz CT molecular complexity index is 642. The number of esters is 1. The van der Waals surface area contributed by atoms with Crippen molar-refractivity contribution in [2.75, 3.05) is 0 Å². The predicted molar refractivity (Wildman–Crippen MR) is 66.9 cm³/mol. The lowest BCUT2D eigenvalue weighted by molar-refractivity contribution is -0.153. The minimum atomic E-state index is -0.927. The second kappa shape index (κ2) is 4.44. The number of ether oxygens (including phenoxy) is 1. The molecular weight excluding hydrogens is 244 g/mol. The summed E-state index contributed by atoms with van der Waals surface area (Å²) in [6, 6.07) is 7.04. The molecule has 2 atom stereocenters. The first-order valence-corrected chi connectivity index (χ1v) is 5.94. The van der Waals surface area contributed by atoms with E-state index in [1.807, 2.05) is 0 Å². The normalized spacial score (nSPS) is 20.3. The molecule has 0 aliphatic heterocycles. The van der Waals surface area contributed by atoms with Gasteiger partial charge in [0.25, 0.3) is 0 Å². The van der Waals surface area contributed by atoms with Crippen LogP contribution in [0.15, 0.2) is 36.7 Å². The SMILES string of the molecule is CC(=O)O[C@@H]1c2cccnc2-c2ncccc2[C@H]1O. The number of aromatic nitrogens is 2. The zero-order valence-corrected chi connectivity index (χ0v) is 10.3. The fraction of sp³-hybridized carbons (Fsp3) is 0.214. The van der Waals surface area contributed by atoms with E-state index >= 15 is 0 Å². The molecule has 0 bridgehead atoms. The third-order valence-corrected chi connectivity index (χ3v) is 3.11. The summed E-state index contributed by atoms with van der Waals surface area (Å²) in [6.07, 6.45) is 1.64. The summed E-state index contributed by atoms with van der Waals surface area (Å²) < 4.78 is 5.23. The summed E-state index contributed by atoms with van der Waals surface area (Å²) in [5.74, 6) is -0.439. The molecule has 5 heteroatoms. The Morgan fingerprint density at radius 3 is 2.37 bits per heavy atom. The van der Waals surface area contributed by atoms with Gasteiger partial charge in [0.15, 0.2) is 6.10 Å². The van der Waals surface area contributed by atoms with E-state index in [1.54, 1.807) is 36.7 Å². The van der Waals surface area contributed by atoms with Gasteiger partial charge in [-0.05, 0) is 12.1 Å². The van der Waals surface area contributed by atoms with Gasteiger partial charge in [-0.1, -0.05) is 12.1 Å². The average molecular weight is 256 g/mol. The molecule has 0 aromatic carbocycles. The molecule has 0 saturated heterocycles. The molecule has 1 N–H and O–H groups in total. The summed E-state index contributed by atoms with van der Waals surface area (Å²) in [5, 5.41) is 10.4. The Balaban J connectivity index is 2.20. The van der Waals surface area contributed by atoms with E-state index in [1.165, 1.54) is 6.92 Å². The van der Waals surface area contributed by atoms with Crippen LogP contribution in [0.3, 0.4) is 0 Å². The number of hydrogen-bond donors (Lipinski definition) is 1. The number of aliphatic hydroxyl groups excluding tert-OH is 1. The van der Waals surface area contributed by atoms with Crippen LogP contribution in [-0.4, -0.2) is 21.0 Å². The van der Waals surface area contributed by atoms with Gasteiger partial charge in [-0.25, -0.2) is 0 Å². The van der Waals surface area contributed by atoms with Gasteiger partial charge >= 0.3 is 5.97 Å². The highest BCUT2D eigenvalue weighted by atomic mass is 16.6. The molecule has 19 heavy (non-hydrogen) atoms. The Labute approximate surface area is 109 Å². The van der Waals surface area contributed by atoms with Crippen molar-refractivity contribution < 1.29 is 14.6 Å². The van der Waals surface area contributed by atoms with Crippen LogP contribution >= 0.6 is 0 Å². The van der Waals surface area contributed by atoms with Crippen molar-refractivity contribution in [1.29, 1.82) is 0 Å². The fourth-order valence-electron chi connectivity index (χ4n) is 2.34.